The van der Waals surface area contributed by atoms with Crippen LogP contribution in [0.1, 0.15) is 36.3 Å². The van der Waals surface area contributed by atoms with E-state index >= 15 is 0 Å². The summed E-state index contributed by atoms with van der Waals surface area (Å²) < 4.78 is 2.49. The van der Waals surface area contributed by atoms with Crippen molar-refractivity contribution in [3.63, 3.8) is 0 Å². The molecule has 6 aliphatic rings. The molecule has 0 saturated heterocycles. The van der Waals surface area contributed by atoms with Crippen molar-refractivity contribution >= 4 is 50.1 Å². The summed E-state index contributed by atoms with van der Waals surface area (Å²) in [7, 11) is 0. The lowest BCUT2D eigenvalue weighted by atomic mass is 9.72. The molecule has 6 aliphatic carbocycles. The number of hydrogen-bond acceptors (Lipinski definition) is 1. The van der Waals surface area contributed by atoms with Crippen molar-refractivity contribution in [1.82, 2.24) is 4.57 Å². The summed E-state index contributed by atoms with van der Waals surface area (Å²) in [5.41, 5.74) is 19.8. The molecule has 0 N–H and O–H groups in total. The van der Waals surface area contributed by atoms with Crippen LogP contribution in [-0.4, -0.2) is 4.57 Å². The lowest BCUT2D eigenvalue weighted by Gasteiger charge is -2.31. The van der Waals surface area contributed by atoms with Gasteiger partial charge in [0.25, 0.3) is 0 Å². The van der Waals surface area contributed by atoms with Crippen LogP contribution in [0.2, 0.25) is 0 Å². The van der Waals surface area contributed by atoms with Crippen molar-refractivity contribution in [3.8, 4) is 11.1 Å². The van der Waals surface area contributed by atoms with Crippen LogP contribution in [0.3, 0.4) is 0 Å². The maximum atomic E-state index is 2.50. The lowest BCUT2D eigenvalue weighted by Crippen LogP contribution is -2.16. The monoisotopic (exact) mass is 716 g/mol. The Morgan fingerprint density at radius 2 is 1.46 bits per heavy atom. The fourth-order valence-electron chi connectivity index (χ4n) is 10.4. The van der Waals surface area contributed by atoms with Crippen LogP contribution in [0.4, 0.5) is 17.1 Å². The van der Waals surface area contributed by atoms with Gasteiger partial charge >= 0.3 is 0 Å². The van der Waals surface area contributed by atoms with Crippen molar-refractivity contribution < 1.29 is 0 Å². The Morgan fingerprint density at radius 1 is 0.625 bits per heavy atom. The summed E-state index contributed by atoms with van der Waals surface area (Å²) >= 11 is 0. The second kappa shape index (κ2) is 12.4. The Kier molecular flexibility index (Phi) is 7.04. The molecule has 0 aliphatic heterocycles. The van der Waals surface area contributed by atoms with Gasteiger partial charge in [-0.15, -0.1) is 0 Å². The van der Waals surface area contributed by atoms with Gasteiger partial charge in [0, 0.05) is 51.3 Å². The molecule has 0 spiro atoms. The minimum absolute atomic E-state index is 0.331. The lowest BCUT2D eigenvalue weighted by molar-refractivity contribution is 0.711. The molecule has 0 amide bonds. The zero-order chi connectivity index (χ0) is 36.7. The zero-order valence-corrected chi connectivity index (χ0v) is 31.1. The number of nitrogens with zero attached hydrogens (tertiary/aromatic N) is 2. The first kappa shape index (κ1) is 31.7. The standard InChI is InChI=1S/C54H40N2/c1-2-12-35(13-3-1)38-17-10-19-41(31-38)55(43-27-29-49-50(33-43)48-22-11-18-40-30-39-16-6-7-20-45(39)54(49)53(40)48)44-26-28-47-46-21-8-9-23-51(46)56(52(47)34-44)42-25-24-36-14-4-5-15-37(36)32-42/h1-6,8-19,21-23,25-34,36,48,53H,7,20,24H2. The summed E-state index contributed by atoms with van der Waals surface area (Å²) in [5.74, 6) is 1.17. The summed E-state index contributed by atoms with van der Waals surface area (Å²) in [6, 6.07) is 43.1. The molecule has 3 unspecified atom stereocenters. The third-order valence-corrected chi connectivity index (χ3v) is 12.9. The maximum Gasteiger partial charge on any atom is 0.0561 e. The van der Waals surface area contributed by atoms with E-state index in [9.17, 15) is 0 Å². The van der Waals surface area contributed by atoms with E-state index in [0.717, 1.165) is 30.6 Å². The van der Waals surface area contributed by atoms with Gasteiger partial charge in [-0.25, -0.2) is 0 Å². The Balaban J connectivity index is 1.07. The number of anilines is 3. The first-order valence-electron chi connectivity index (χ1n) is 20.2. The highest BCUT2D eigenvalue weighted by Gasteiger charge is 2.42. The molecule has 5 aromatic carbocycles. The van der Waals surface area contributed by atoms with E-state index in [4.69, 9.17) is 0 Å². The van der Waals surface area contributed by atoms with Crippen LogP contribution in [0.5, 0.6) is 0 Å². The Labute approximate surface area is 328 Å². The molecular weight excluding hydrogens is 677 g/mol. The SMILES string of the molecule is C1=CC2=CC(n3c4ccccc4c4ccc(N(c5cccc(-c6ccccc6)c5)c5ccc6c(c5)C5C=CC=C7C=C8C=CCCC8=C6C75)cc43)=CCC2C=C1. The third-order valence-electron chi connectivity index (χ3n) is 12.9. The average molecular weight is 717 g/mol. The van der Waals surface area contributed by atoms with Crippen LogP contribution >= 0.6 is 0 Å². The highest BCUT2D eigenvalue weighted by Crippen LogP contribution is 2.58. The van der Waals surface area contributed by atoms with Crippen LogP contribution in [0.25, 0.3) is 44.2 Å². The Morgan fingerprint density at radius 3 is 2.43 bits per heavy atom. The minimum atomic E-state index is 0.331. The molecular formula is C54H40N2. The molecule has 0 bridgehead atoms. The molecule has 0 fully saturated rings. The molecule has 2 nitrogen and oxygen atoms in total. The second-order valence-electron chi connectivity index (χ2n) is 15.9. The summed E-state index contributed by atoms with van der Waals surface area (Å²) in [6.45, 7) is 0. The number of benzene rings is 5. The average Bonchev–Trinajstić information content (AvgIpc) is 3.77. The maximum absolute atomic E-state index is 2.50. The highest BCUT2D eigenvalue weighted by atomic mass is 15.1. The van der Waals surface area contributed by atoms with Gasteiger partial charge in [0.05, 0.1) is 11.0 Å². The van der Waals surface area contributed by atoms with E-state index in [1.807, 2.05) is 0 Å². The van der Waals surface area contributed by atoms with E-state index in [2.05, 4.69) is 198 Å². The first-order chi connectivity index (χ1) is 27.8. The van der Waals surface area contributed by atoms with Gasteiger partial charge in [-0.1, -0.05) is 140 Å². The van der Waals surface area contributed by atoms with E-state index in [-0.39, 0.29) is 0 Å². The molecule has 12 rings (SSSR count). The van der Waals surface area contributed by atoms with Crippen LogP contribution < -0.4 is 4.90 Å². The molecule has 0 saturated carbocycles. The molecule has 1 heterocycles. The Hall–Kier alpha value is -6.64. The third kappa shape index (κ3) is 4.82. The highest BCUT2D eigenvalue weighted by molar-refractivity contribution is 6.11. The predicted molar refractivity (Wildman–Crippen MR) is 235 cm³/mol. The number of aromatic nitrogens is 1. The molecule has 2 heteroatoms. The summed E-state index contributed by atoms with van der Waals surface area (Å²) in [6.07, 6.45) is 31.2. The van der Waals surface area contributed by atoms with Gasteiger partial charge in [0.2, 0.25) is 0 Å². The van der Waals surface area contributed by atoms with Crippen LogP contribution in [-0.2, 0) is 0 Å². The van der Waals surface area contributed by atoms with Crippen molar-refractivity contribution in [1.29, 1.82) is 0 Å². The number of rotatable bonds is 5. The van der Waals surface area contributed by atoms with Gasteiger partial charge in [-0.3, -0.25) is 0 Å². The molecule has 0 radical (unpaired) electrons. The Bertz CT molecular complexity index is 2950. The van der Waals surface area contributed by atoms with E-state index in [1.54, 1.807) is 11.1 Å². The van der Waals surface area contributed by atoms with Gasteiger partial charge in [0.1, 0.15) is 0 Å². The van der Waals surface area contributed by atoms with Crippen molar-refractivity contribution in [2.24, 2.45) is 11.8 Å². The second-order valence-corrected chi connectivity index (χ2v) is 15.9. The summed E-state index contributed by atoms with van der Waals surface area (Å²) in [5, 5.41) is 2.55. The van der Waals surface area contributed by atoms with Gasteiger partial charge < -0.3 is 9.47 Å². The molecule has 6 aromatic rings. The van der Waals surface area contributed by atoms with Gasteiger partial charge in [-0.05, 0) is 118 Å². The largest absolute Gasteiger partial charge is 0.310 e. The number of fused-ring (bicyclic) bond motifs is 8. The van der Waals surface area contributed by atoms with E-state index in [1.165, 1.54) is 72.2 Å². The fourth-order valence-corrected chi connectivity index (χ4v) is 10.4. The quantitative estimate of drug-likeness (QED) is 0.172. The smallest absolute Gasteiger partial charge is 0.0561 e. The molecule has 1 aromatic heterocycles. The number of allylic oxidation sites excluding steroid dienone is 18. The minimum Gasteiger partial charge on any atom is -0.310 e. The van der Waals surface area contributed by atoms with Gasteiger partial charge in [-0.2, -0.15) is 0 Å². The fraction of sp³-hybridized carbons (Fsp3) is 0.111. The van der Waals surface area contributed by atoms with E-state index in [0.29, 0.717) is 17.8 Å². The van der Waals surface area contributed by atoms with Crippen LogP contribution in [0.15, 0.2) is 210 Å². The van der Waals surface area contributed by atoms with E-state index < -0.39 is 0 Å². The van der Waals surface area contributed by atoms with Crippen molar-refractivity contribution in [2.45, 2.75) is 25.2 Å². The topological polar surface area (TPSA) is 8.17 Å². The summed E-state index contributed by atoms with van der Waals surface area (Å²) in [4.78, 5) is 2.49. The predicted octanol–water partition coefficient (Wildman–Crippen LogP) is 14.1. The van der Waals surface area contributed by atoms with Crippen molar-refractivity contribution in [2.75, 3.05) is 4.90 Å². The van der Waals surface area contributed by atoms with Gasteiger partial charge in [0.15, 0.2) is 0 Å². The first-order valence-corrected chi connectivity index (χ1v) is 20.2. The number of para-hydroxylation sites is 1. The molecule has 266 valence electrons. The zero-order valence-electron chi connectivity index (χ0n) is 31.1. The molecule has 3 atom stereocenters. The van der Waals surface area contributed by atoms with Crippen molar-refractivity contribution in [3.05, 3.63) is 222 Å². The van der Waals surface area contributed by atoms with Crippen LogP contribution in [0, 0.1) is 11.8 Å². The normalized spacial score (nSPS) is 21.2. The molecule has 56 heavy (non-hydrogen) atoms. The number of hydrogen-bond donors (Lipinski definition) is 0.